The summed E-state index contributed by atoms with van der Waals surface area (Å²) in [6, 6.07) is 20.1. The third-order valence-electron chi connectivity index (χ3n) is 1.67. The summed E-state index contributed by atoms with van der Waals surface area (Å²) in [6.07, 6.45) is 0. The number of hydrogen-bond donors (Lipinski definition) is 0. The number of hydrogen-bond acceptors (Lipinski definition) is 1. The average Bonchev–Trinajstić information content (AvgIpc) is 2.34. The van der Waals surface area contributed by atoms with Gasteiger partial charge >= 0.3 is 23.1 Å². The van der Waals surface area contributed by atoms with E-state index < -0.39 is 0 Å². The zero-order chi connectivity index (χ0) is 10.9. The van der Waals surface area contributed by atoms with Crippen molar-refractivity contribution in [1.82, 2.24) is 0 Å². The molecule has 17 heavy (non-hydrogen) atoms. The number of para-hydroxylation sites is 1. The topological polar surface area (TPSA) is 9.23 Å². The van der Waals surface area contributed by atoms with Crippen LogP contribution in [0.25, 0.3) is 0 Å². The Balaban J connectivity index is 0. The van der Waals surface area contributed by atoms with Gasteiger partial charge in [-0.25, -0.2) is 0 Å². The summed E-state index contributed by atoms with van der Waals surface area (Å²) in [5.74, 6) is 1.69. The fourth-order valence-corrected chi connectivity index (χ4v) is 1.06. The van der Waals surface area contributed by atoms with Gasteiger partial charge in [0, 0.05) is 5.75 Å². The van der Waals surface area contributed by atoms with Crippen molar-refractivity contribution in [3.8, 4) is 11.5 Å². The summed E-state index contributed by atoms with van der Waals surface area (Å²) < 4.78 is 5.56. The van der Waals surface area contributed by atoms with Gasteiger partial charge in [-0.1, -0.05) is 18.2 Å². The molecule has 2 aromatic rings. The van der Waals surface area contributed by atoms with Crippen LogP contribution in [-0.4, -0.2) is 23.1 Å². The maximum absolute atomic E-state index is 5.56. The molecule has 3 heteroatoms. The molecule has 0 saturated carbocycles. The minimum absolute atomic E-state index is 0. The van der Waals surface area contributed by atoms with E-state index in [9.17, 15) is 0 Å². The Bertz CT molecular complexity index is 327. The first-order valence-electron chi connectivity index (χ1n) is 4.85. The van der Waals surface area contributed by atoms with Crippen molar-refractivity contribution in [2.45, 2.75) is 6.92 Å². The molecule has 0 amide bonds. The van der Waals surface area contributed by atoms with E-state index >= 15 is 0 Å². The summed E-state index contributed by atoms with van der Waals surface area (Å²) in [5, 5.41) is 0. The van der Waals surface area contributed by atoms with Crippen molar-refractivity contribution < 1.29 is 4.74 Å². The van der Waals surface area contributed by atoms with Gasteiger partial charge in [0.2, 0.25) is 0 Å². The molecule has 0 heterocycles. The Labute approximate surface area is 130 Å². The van der Waals surface area contributed by atoms with Crippen molar-refractivity contribution in [2.24, 2.45) is 0 Å². The second kappa shape index (κ2) is 12.0. The molecular formula is C14H15BrMgO. The molecule has 86 valence electrons. The molecule has 0 fully saturated rings. The molecule has 0 unspecified atom stereocenters. The summed E-state index contributed by atoms with van der Waals surface area (Å²) in [6.45, 7) is 5.00. The Kier molecular flexibility index (Phi) is 13.3. The third kappa shape index (κ3) is 7.42. The number of halogens is 1. The number of ether oxygens (including phenoxy) is 1. The van der Waals surface area contributed by atoms with Crippen molar-refractivity contribution in [1.29, 1.82) is 0 Å². The zero-order valence-corrected chi connectivity index (χ0v) is 13.1. The molecule has 0 spiro atoms. The molecule has 0 aliphatic carbocycles. The average molecular weight is 303 g/mol. The Morgan fingerprint density at radius 1 is 0.882 bits per heavy atom. The molecule has 1 nitrogen and oxygen atoms in total. The predicted molar refractivity (Wildman–Crippen MR) is 78.9 cm³/mol. The van der Waals surface area contributed by atoms with E-state index in [1.165, 1.54) is 0 Å². The van der Waals surface area contributed by atoms with Crippen molar-refractivity contribution >= 4 is 40.0 Å². The van der Waals surface area contributed by atoms with Crippen LogP contribution in [0.2, 0.25) is 0 Å². The summed E-state index contributed by atoms with van der Waals surface area (Å²) >= 11 is 0. The monoisotopic (exact) mass is 302 g/mol. The predicted octanol–water partition coefficient (Wildman–Crippen LogP) is 4.32. The van der Waals surface area contributed by atoms with Crippen LogP contribution >= 0.6 is 17.0 Å². The fraction of sp³-hybridized carbons (Fsp3) is 0.0714. The molecule has 0 atom stereocenters. The van der Waals surface area contributed by atoms with Gasteiger partial charge in [0.25, 0.3) is 0 Å². The van der Waals surface area contributed by atoms with Crippen LogP contribution < -0.4 is 4.74 Å². The van der Waals surface area contributed by atoms with Crippen LogP contribution in [0.1, 0.15) is 6.92 Å². The molecular weight excluding hydrogens is 288 g/mol. The van der Waals surface area contributed by atoms with Crippen LogP contribution in [0.5, 0.6) is 11.5 Å². The summed E-state index contributed by atoms with van der Waals surface area (Å²) in [7, 11) is 0. The summed E-state index contributed by atoms with van der Waals surface area (Å²) in [4.78, 5) is 0. The standard InChI is InChI=1S/C12H9O.C2H5.BrH.Mg/c1-3-7-11(8-4-1)13-12-9-5-2-6-10-12;1-2;;/h1,3-10H;1H2,2H3;1H;/q2*-1;;+2. The molecule has 0 N–H and O–H groups in total. The van der Waals surface area contributed by atoms with Gasteiger partial charge in [0.1, 0.15) is 5.75 Å². The van der Waals surface area contributed by atoms with Crippen molar-refractivity contribution in [3.05, 3.63) is 67.6 Å². The van der Waals surface area contributed by atoms with Crippen LogP contribution in [0.4, 0.5) is 0 Å². The fourth-order valence-electron chi connectivity index (χ4n) is 1.06. The largest absolute Gasteiger partial charge is 2.00 e. The van der Waals surface area contributed by atoms with Crippen molar-refractivity contribution in [2.75, 3.05) is 0 Å². The van der Waals surface area contributed by atoms with E-state index in [0.29, 0.717) is 0 Å². The Morgan fingerprint density at radius 2 is 1.35 bits per heavy atom. The van der Waals surface area contributed by atoms with E-state index in [0.717, 1.165) is 11.5 Å². The molecule has 0 saturated heterocycles. The van der Waals surface area contributed by atoms with Crippen LogP contribution in [0, 0.1) is 13.0 Å². The van der Waals surface area contributed by atoms with Gasteiger partial charge in [-0.2, -0.15) is 25.1 Å². The molecule has 0 radical (unpaired) electrons. The molecule has 0 bridgehead atoms. The molecule has 0 aromatic heterocycles. The minimum atomic E-state index is 0. The molecule has 2 rings (SSSR count). The second-order valence-corrected chi connectivity index (χ2v) is 2.65. The Hall–Kier alpha value is -0.514. The van der Waals surface area contributed by atoms with Gasteiger partial charge < -0.3 is 11.7 Å². The van der Waals surface area contributed by atoms with Crippen LogP contribution in [0.15, 0.2) is 54.6 Å². The Morgan fingerprint density at radius 3 is 1.88 bits per heavy atom. The van der Waals surface area contributed by atoms with E-state index in [1.807, 2.05) is 54.6 Å². The molecule has 0 aliphatic heterocycles. The SMILES string of the molecule is Br.[CH2-]C.[Mg+2].[c-]1ccc(Oc2ccccc2)cc1. The number of benzene rings is 2. The maximum atomic E-state index is 5.56. The molecule has 0 aliphatic rings. The van der Waals surface area contributed by atoms with Gasteiger partial charge in [-0.05, 0) is 12.1 Å². The van der Waals surface area contributed by atoms with Crippen LogP contribution in [0.3, 0.4) is 0 Å². The van der Waals surface area contributed by atoms with Gasteiger partial charge in [0.05, 0.1) is 0 Å². The second-order valence-electron chi connectivity index (χ2n) is 2.65. The van der Waals surface area contributed by atoms with Crippen LogP contribution in [-0.2, 0) is 0 Å². The van der Waals surface area contributed by atoms with E-state index in [1.54, 1.807) is 6.92 Å². The third-order valence-corrected chi connectivity index (χ3v) is 1.67. The van der Waals surface area contributed by atoms with Gasteiger partial charge in [-0.3, -0.25) is 0 Å². The van der Waals surface area contributed by atoms with E-state index in [4.69, 9.17) is 4.74 Å². The van der Waals surface area contributed by atoms with Crippen molar-refractivity contribution in [3.63, 3.8) is 0 Å². The quantitative estimate of drug-likeness (QED) is 0.593. The first kappa shape index (κ1) is 18.8. The first-order chi connectivity index (χ1) is 7.45. The van der Waals surface area contributed by atoms with E-state index in [-0.39, 0.29) is 40.0 Å². The maximum Gasteiger partial charge on any atom is 2.00 e. The minimum Gasteiger partial charge on any atom is -0.483 e. The normalized spacial score (nSPS) is 7.65. The van der Waals surface area contributed by atoms with E-state index in [2.05, 4.69) is 13.0 Å². The van der Waals surface area contributed by atoms with Gasteiger partial charge in [-0.15, -0.1) is 29.1 Å². The first-order valence-corrected chi connectivity index (χ1v) is 4.85. The smallest absolute Gasteiger partial charge is 0.483 e. The zero-order valence-electron chi connectivity index (χ0n) is 9.93. The van der Waals surface area contributed by atoms with Gasteiger partial charge in [0.15, 0.2) is 0 Å². The number of rotatable bonds is 2. The molecule has 2 aromatic carbocycles. The summed E-state index contributed by atoms with van der Waals surface area (Å²) in [5.41, 5.74) is 0.